The van der Waals surface area contributed by atoms with Gasteiger partial charge in [0.05, 0.1) is 11.9 Å². The second-order valence-electron chi connectivity index (χ2n) is 8.46. The molecular weight excluding hydrogens is 354 g/mol. The third-order valence-electron chi connectivity index (χ3n) is 5.09. The summed E-state index contributed by atoms with van der Waals surface area (Å²) in [7, 11) is 0. The Morgan fingerprint density at radius 1 is 1.36 bits per heavy atom. The van der Waals surface area contributed by atoms with Crippen molar-refractivity contribution in [3.8, 4) is 0 Å². The van der Waals surface area contributed by atoms with Gasteiger partial charge in [-0.05, 0) is 45.6 Å². The van der Waals surface area contributed by atoms with Crippen molar-refractivity contribution in [2.45, 2.75) is 51.6 Å². The zero-order chi connectivity index (χ0) is 19.9. The van der Waals surface area contributed by atoms with Crippen molar-refractivity contribution in [2.75, 3.05) is 18.8 Å². The molecule has 3 heterocycles. The molecule has 4 rings (SSSR count). The molecule has 0 spiro atoms. The SMILES string of the molecule is CC(C)(C)OC(=O)N1CCCC(c2cc(N)n3ncc(C4=CCC=C4)c3n2)C1. The van der Waals surface area contributed by atoms with Gasteiger partial charge in [0, 0.05) is 30.6 Å². The van der Waals surface area contributed by atoms with Crippen LogP contribution in [-0.4, -0.2) is 44.3 Å². The molecule has 2 N–H and O–H groups in total. The summed E-state index contributed by atoms with van der Waals surface area (Å²) in [5, 5.41) is 4.40. The monoisotopic (exact) mass is 381 g/mol. The molecule has 2 aliphatic rings. The summed E-state index contributed by atoms with van der Waals surface area (Å²) < 4.78 is 7.22. The van der Waals surface area contributed by atoms with Gasteiger partial charge in [-0.1, -0.05) is 18.2 Å². The van der Waals surface area contributed by atoms with E-state index in [0.29, 0.717) is 18.9 Å². The van der Waals surface area contributed by atoms with Crippen LogP contribution in [0.5, 0.6) is 0 Å². The predicted molar refractivity (Wildman–Crippen MR) is 109 cm³/mol. The maximum absolute atomic E-state index is 12.5. The van der Waals surface area contributed by atoms with Gasteiger partial charge in [0.15, 0.2) is 5.65 Å². The van der Waals surface area contributed by atoms with Crippen LogP contribution in [0.4, 0.5) is 10.6 Å². The van der Waals surface area contributed by atoms with Gasteiger partial charge in [0.25, 0.3) is 0 Å². The van der Waals surface area contributed by atoms with E-state index < -0.39 is 5.60 Å². The van der Waals surface area contributed by atoms with Crippen molar-refractivity contribution in [3.63, 3.8) is 0 Å². The average molecular weight is 381 g/mol. The number of nitrogen functional groups attached to an aromatic ring is 1. The number of carbonyl (C=O) groups is 1. The van der Waals surface area contributed by atoms with Gasteiger partial charge in [0.2, 0.25) is 0 Å². The highest BCUT2D eigenvalue weighted by Crippen LogP contribution is 2.31. The van der Waals surface area contributed by atoms with E-state index in [1.165, 1.54) is 0 Å². The number of nitrogens with zero attached hydrogens (tertiary/aromatic N) is 4. The second kappa shape index (κ2) is 6.96. The number of nitrogens with two attached hydrogens (primary N) is 1. The van der Waals surface area contributed by atoms with Crippen LogP contribution in [-0.2, 0) is 4.74 Å². The molecule has 1 amide bonds. The minimum atomic E-state index is -0.499. The molecule has 148 valence electrons. The van der Waals surface area contributed by atoms with Gasteiger partial charge >= 0.3 is 6.09 Å². The lowest BCUT2D eigenvalue weighted by atomic mass is 9.94. The zero-order valence-electron chi connectivity index (χ0n) is 16.7. The van der Waals surface area contributed by atoms with Crippen molar-refractivity contribution in [1.29, 1.82) is 0 Å². The highest BCUT2D eigenvalue weighted by molar-refractivity contribution is 5.83. The van der Waals surface area contributed by atoms with E-state index in [-0.39, 0.29) is 12.0 Å². The summed E-state index contributed by atoms with van der Waals surface area (Å²) in [6, 6.07) is 1.88. The number of amides is 1. The second-order valence-corrected chi connectivity index (χ2v) is 8.46. The fourth-order valence-corrected chi connectivity index (χ4v) is 3.79. The third kappa shape index (κ3) is 3.61. The topological polar surface area (TPSA) is 85.8 Å². The lowest BCUT2D eigenvalue weighted by molar-refractivity contribution is 0.0197. The molecule has 0 aromatic carbocycles. The molecule has 7 nitrogen and oxygen atoms in total. The Morgan fingerprint density at radius 2 is 2.18 bits per heavy atom. The van der Waals surface area contributed by atoms with Crippen LogP contribution in [0.1, 0.15) is 57.2 Å². The highest BCUT2D eigenvalue weighted by atomic mass is 16.6. The number of hydrogen-bond acceptors (Lipinski definition) is 5. The molecule has 1 saturated heterocycles. The Balaban J connectivity index is 1.62. The number of hydrogen-bond donors (Lipinski definition) is 1. The summed E-state index contributed by atoms with van der Waals surface area (Å²) >= 11 is 0. The molecule has 0 saturated carbocycles. The Hall–Kier alpha value is -2.83. The van der Waals surface area contributed by atoms with Gasteiger partial charge in [0.1, 0.15) is 11.4 Å². The van der Waals surface area contributed by atoms with E-state index >= 15 is 0 Å². The number of piperidine rings is 1. The smallest absolute Gasteiger partial charge is 0.410 e. The molecule has 1 fully saturated rings. The molecule has 2 aromatic heterocycles. The van der Waals surface area contributed by atoms with Gasteiger partial charge < -0.3 is 15.4 Å². The van der Waals surface area contributed by atoms with Crippen LogP contribution in [0.25, 0.3) is 11.2 Å². The van der Waals surface area contributed by atoms with Gasteiger partial charge in [-0.25, -0.2) is 9.78 Å². The van der Waals surface area contributed by atoms with Crippen molar-refractivity contribution in [3.05, 3.63) is 41.7 Å². The Bertz CT molecular complexity index is 967. The summed E-state index contributed by atoms with van der Waals surface area (Å²) in [6.07, 6.45) is 10.7. The minimum Gasteiger partial charge on any atom is -0.444 e. The number of fused-ring (bicyclic) bond motifs is 1. The third-order valence-corrected chi connectivity index (χ3v) is 5.09. The standard InChI is InChI=1S/C21H27N5O2/c1-21(2,3)28-20(27)25-10-6-9-15(13-25)17-11-18(22)26-19(24-17)16(12-23-26)14-7-4-5-8-14/h4,7-8,11-12,15H,5-6,9-10,13,22H2,1-3H3. The number of carbonyl (C=O) groups excluding carboxylic acids is 1. The molecule has 1 aliphatic carbocycles. The van der Waals surface area contributed by atoms with Crippen LogP contribution >= 0.6 is 0 Å². The van der Waals surface area contributed by atoms with Crippen molar-refractivity contribution < 1.29 is 9.53 Å². The van der Waals surface area contributed by atoms with Crippen molar-refractivity contribution in [2.24, 2.45) is 0 Å². The lowest BCUT2D eigenvalue weighted by Crippen LogP contribution is -2.42. The number of rotatable bonds is 2. The van der Waals surface area contributed by atoms with Crippen molar-refractivity contribution >= 4 is 23.1 Å². The summed E-state index contributed by atoms with van der Waals surface area (Å²) in [5.41, 5.74) is 9.55. The van der Waals surface area contributed by atoms with Crippen molar-refractivity contribution in [1.82, 2.24) is 19.5 Å². The Labute approximate surface area is 164 Å². The van der Waals surface area contributed by atoms with E-state index in [2.05, 4.69) is 23.3 Å². The highest BCUT2D eigenvalue weighted by Gasteiger charge is 2.29. The maximum atomic E-state index is 12.5. The van der Waals surface area contributed by atoms with Gasteiger partial charge in [-0.3, -0.25) is 0 Å². The largest absolute Gasteiger partial charge is 0.444 e. The predicted octanol–water partition coefficient (Wildman–Crippen LogP) is 3.77. The number of anilines is 1. The number of allylic oxidation sites excluding steroid dienone is 4. The fraction of sp³-hybridized carbons (Fsp3) is 0.476. The molecular formula is C21H27N5O2. The van der Waals surface area contributed by atoms with E-state index in [1.54, 1.807) is 9.42 Å². The first-order valence-corrected chi connectivity index (χ1v) is 9.81. The molecule has 2 aromatic rings. The average Bonchev–Trinajstić information content (AvgIpc) is 3.29. The van der Waals surface area contributed by atoms with E-state index in [0.717, 1.165) is 41.7 Å². The van der Waals surface area contributed by atoms with Crippen LogP contribution < -0.4 is 5.73 Å². The van der Waals surface area contributed by atoms with Gasteiger partial charge in [-0.15, -0.1) is 0 Å². The minimum absolute atomic E-state index is 0.129. The lowest BCUT2D eigenvalue weighted by Gasteiger charge is -2.34. The molecule has 0 radical (unpaired) electrons. The quantitative estimate of drug-likeness (QED) is 0.856. The molecule has 28 heavy (non-hydrogen) atoms. The first-order valence-electron chi connectivity index (χ1n) is 9.81. The first kappa shape index (κ1) is 18.5. The normalized spacial score (nSPS) is 19.9. The number of likely N-dealkylation sites (tertiary alicyclic amines) is 1. The Kier molecular flexibility index (Phi) is 4.61. The van der Waals surface area contributed by atoms with Crippen LogP contribution in [0.15, 0.2) is 30.5 Å². The van der Waals surface area contributed by atoms with Crippen LogP contribution in [0.2, 0.25) is 0 Å². The molecule has 0 bridgehead atoms. The first-order chi connectivity index (χ1) is 13.3. The Morgan fingerprint density at radius 3 is 2.89 bits per heavy atom. The fourth-order valence-electron chi connectivity index (χ4n) is 3.79. The number of aromatic nitrogens is 3. The van der Waals surface area contributed by atoms with E-state index in [9.17, 15) is 4.79 Å². The molecule has 7 heteroatoms. The maximum Gasteiger partial charge on any atom is 0.410 e. The van der Waals surface area contributed by atoms with E-state index in [1.807, 2.05) is 33.0 Å². The molecule has 1 atom stereocenters. The summed E-state index contributed by atoms with van der Waals surface area (Å²) in [4.78, 5) is 19.2. The summed E-state index contributed by atoms with van der Waals surface area (Å²) in [5.74, 6) is 0.688. The van der Waals surface area contributed by atoms with E-state index in [4.69, 9.17) is 15.5 Å². The molecule has 1 aliphatic heterocycles. The number of ether oxygens (including phenoxy) is 1. The molecule has 1 unspecified atom stereocenters. The summed E-state index contributed by atoms with van der Waals surface area (Å²) in [6.45, 7) is 6.95. The van der Waals surface area contributed by atoms with Crippen LogP contribution in [0.3, 0.4) is 0 Å². The van der Waals surface area contributed by atoms with Gasteiger partial charge in [-0.2, -0.15) is 9.61 Å². The van der Waals surface area contributed by atoms with Crippen LogP contribution in [0, 0.1) is 0 Å². The zero-order valence-corrected chi connectivity index (χ0v) is 16.7.